The molecule has 6 heteroatoms. The van der Waals surface area contributed by atoms with E-state index in [1.54, 1.807) is 20.8 Å². The Morgan fingerprint density at radius 2 is 2.11 bits per heavy atom. The number of ether oxygens (including phenoxy) is 1. The van der Waals surface area contributed by atoms with Gasteiger partial charge in [-0.1, -0.05) is 0 Å². The van der Waals surface area contributed by atoms with Gasteiger partial charge in [0.2, 0.25) is 0 Å². The molecule has 0 spiro atoms. The third kappa shape index (κ3) is 3.44. The van der Waals surface area contributed by atoms with Crippen LogP contribution in [0.5, 0.6) is 0 Å². The number of hydrogen-bond donors (Lipinski definition) is 1. The Bertz CT molecular complexity index is 381. The molecule has 0 radical (unpaired) electrons. The third-order valence-electron chi connectivity index (χ3n) is 2.64. The molecule has 1 aliphatic heterocycles. The van der Waals surface area contributed by atoms with Crippen LogP contribution >= 0.6 is 0 Å². The second-order valence-electron chi connectivity index (χ2n) is 5.33. The smallest absolute Gasteiger partial charge is 0.410 e. The number of nitriles is 1. The van der Waals surface area contributed by atoms with Gasteiger partial charge in [0.05, 0.1) is 18.0 Å². The maximum Gasteiger partial charge on any atom is 0.410 e. The summed E-state index contributed by atoms with van der Waals surface area (Å²) in [6.45, 7) is 4.72. The highest BCUT2D eigenvalue weighted by Crippen LogP contribution is 2.25. The Labute approximate surface area is 106 Å². The lowest BCUT2D eigenvalue weighted by molar-refractivity contribution is -0.126. The monoisotopic (exact) mass is 254 g/mol. The summed E-state index contributed by atoms with van der Waals surface area (Å²) < 4.78 is 5.18. The van der Waals surface area contributed by atoms with E-state index >= 15 is 0 Å². The van der Waals surface area contributed by atoms with Crippen LogP contribution in [0.4, 0.5) is 4.79 Å². The number of amides is 1. The fourth-order valence-corrected chi connectivity index (χ4v) is 1.86. The van der Waals surface area contributed by atoms with Gasteiger partial charge < -0.3 is 9.84 Å². The van der Waals surface area contributed by atoms with Crippen molar-refractivity contribution in [1.82, 2.24) is 4.90 Å². The van der Waals surface area contributed by atoms with Gasteiger partial charge in [0, 0.05) is 6.54 Å². The minimum Gasteiger partial charge on any atom is -0.444 e. The maximum absolute atomic E-state index is 11.9. The van der Waals surface area contributed by atoms with Crippen LogP contribution in [0.2, 0.25) is 0 Å². The SMILES string of the molecule is CC(C)(C)OC(=O)N1CC(C#N)C[C@H]1C(=O)CO. The summed E-state index contributed by atoms with van der Waals surface area (Å²) in [5.41, 5.74) is -0.658. The lowest BCUT2D eigenvalue weighted by atomic mass is 10.1. The zero-order valence-corrected chi connectivity index (χ0v) is 10.8. The van der Waals surface area contributed by atoms with Gasteiger partial charge in [0.1, 0.15) is 12.2 Å². The van der Waals surface area contributed by atoms with E-state index in [1.807, 2.05) is 6.07 Å². The number of hydrogen-bond acceptors (Lipinski definition) is 5. The van der Waals surface area contributed by atoms with Crippen molar-refractivity contribution < 1.29 is 19.4 Å². The maximum atomic E-state index is 11.9. The predicted octanol–water partition coefficient (Wildman–Crippen LogP) is 0.697. The van der Waals surface area contributed by atoms with E-state index in [4.69, 9.17) is 15.1 Å². The Balaban J connectivity index is 2.81. The van der Waals surface area contributed by atoms with Gasteiger partial charge in [-0.05, 0) is 27.2 Å². The normalized spacial score (nSPS) is 23.6. The molecular weight excluding hydrogens is 236 g/mol. The average Bonchev–Trinajstić information content (AvgIpc) is 2.69. The van der Waals surface area contributed by atoms with Crippen LogP contribution in [0.15, 0.2) is 0 Å². The van der Waals surface area contributed by atoms with E-state index in [9.17, 15) is 9.59 Å². The van der Waals surface area contributed by atoms with Crippen LogP contribution in [-0.2, 0) is 9.53 Å². The van der Waals surface area contributed by atoms with Crippen molar-refractivity contribution in [3.63, 3.8) is 0 Å². The van der Waals surface area contributed by atoms with E-state index in [0.29, 0.717) is 0 Å². The molecule has 1 unspecified atom stereocenters. The number of likely N-dealkylation sites (tertiary alicyclic amines) is 1. The van der Waals surface area contributed by atoms with Gasteiger partial charge in [-0.15, -0.1) is 0 Å². The van der Waals surface area contributed by atoms with Crippen molar-refractivity contribution in [2.24, 2.45) is 5.92 Å². The zero-order chi connectivity index (χ0) is 13.9. The van der Waals surface area contributed by atoms with Gasteiger partial charge in [-0.25, -0.2) is 4.79 Å². The number of carbonyl (C=O) groups is 2. The molecule has 0 aliphatic carbocycles. The molecule has 100 valence electrons. The number of Topliss-reactive ketones (excluding diaryl/α,β-unsaturated/α-hetero) is 1. The summed E-state index contributed by atoms with van der Waals surface area (Å²) in [6.07, 6.45) is -0.359. The van der Waals surface area contributed by atoms with Crippen LogP contribution in [0.25, 0.3) is 0 Å². The largest absolute Gasteiger partial charge is 0.444 e. The molecule has 1 amide bonds. The first-order valence-electron chi connectivity index (χ1n) is 5.81. The quantitative estimate of drug-likeness (QED) is 0.783. The summed E-state index contributed by atoms with van der Waals surface area (Å²) >= 11 is 0. The van der Waals surface area contributed by atoms with Crippen LogP contribution in [-0.4, -0.2) is 46.7 Å². The molecule has 1 N–H and O–H groups in total. The van der Waals surface area contributed by atoms with Gasteiger partial charge in [0.25, 0.3) is 0 Å². The summed E-state index contributed by atoms with van der Waals surface area (Å²) in [6, 6.07) is 1.28. The topological polar surface area (TPSA) is 90.6 Å². The van der Waals surface area contributed by atoms with Crippen LogP contribution in [0, 0.1) is 17.2 Å². The lowest BCUT2D eigenvalue weighted by Crippen LogP contribution is -2.44. The summed E-state index contributed by atoms with van der Waals surface area (Å²) in [7, 11) is 0. The number of aliphatic hydroxyl groups excluding tert-OH is 1. The standard InChI is InChI=1S/C12H18N2O4/c1-12(2,3)18-11(17)14-6-8(5-13)4-9(14)10(16)7-15/h8-9,15H,4,6-7H2,1-3H3/t8?,9-/m0/s1. The molecule has 1 saturated heterocycles. The molecule has 6 nitrogen and oxygen atoms in total. The van der Waals surface area contributed by atoms with Crippen LogP contribution in [0.3, 0.4) is 0 Å². The first-order valence-corrected chi connectivity index (χ1v) is 5.81. The fraction of sp³-hybridized carbons (Fsp3) is 0.750. The Hall–Kier alpha value is -1.61. The number of carbonyl (C=O) groups excluding carboxylic acids is 2. The summed E-state index contributed by atoms with van der Waals surface area (Å²) in [4.78, 5) is 24.7. The molecular formula is C12H18N2O4. The minimum absolute atomic E-state index is 0.168. The van der Waals surface area contributed by atoms with Crippen molar-refractivity contribution in [2.75, 3.05) is 13.2 Å². The molecule has 0 saturated carbocycles. The van der Waals surface area contributed by atoms with Crippen molar-refractivity contribution in [3.8, 4) is 6.07 Å². The summed E-state index contributed by atoms with van der Waals surface area (Å²) in [5, 5.41) is 17.7. The van der Waals surface area contributed by atoms with E-state index in [1.165, 1.54) is 4.90 Å². The molecule has 1 heterocycles. The number of aliphatic hydroxyl groups is 1. The van der Waals surface area contributed by atoms with E-state index in [0.717, 1.165) is 0 Å². The third-order valence-corrected chi connectivity index (χ3v) is 2.64. The summed E-state index contributed by atoms with van der Waals surface area (Å²) in [5.74, 6) is -0.850. The Morgan fingerprint density at radius 3 is 2.56 bits per heavy atom. The number of nitrogens with zero attached hydrogens (tertiary/aromatic N) is 2. The fourth-order valence-electron chi connectivity index (χ4n) is 1.86. The molecule has 0 aromatic carbocycles. The molecule has 0 aromatic rings. The highest BCUT2D eigenvalue weighted by Gasteiger charge is 2.40. The number of rotatable bonds is 2. The molecule has 1 fully saturated rings. The Morgan fingerprint density at radius 1 is 1.50 bits per heavy atom. The zero-order valence-electron chi connectivity index (χ0n) is 10.8. The van der Waals surface area contributed by atoms with Gasteiger partial charge in [-0.3, -0.25) is 9.69 Å². The first-order chi connectivity index (χ1) is 8.28. The molecule has 18 heavy (non-hydrogen) atoms. The van der Waals surface area contributed by atoms with Crippen molar-refractivity contribution in [3.05, 3.63) is 0 Å². The molecule has 0 bridgehead atoms. The van der Waals surface area contributed by atoms with Gasteiger partial charge >= 0.3 is 6.09 Å². The second kappa shape index (κ2) is 5.36. The second-order valence-corrected chi connectivity index (χ2v) is 5.33. The lowest BCUT2D eigenvalue weighted by Gasteiger charge is -2.27. The molecule has 2 atom stereocenters. The number of ketones is 1. The highest BCUT2D eigenvalue weighted by atomic mass is 16.6. The molecule has 0 aromatic heterocycles. The first kappa shape index (κ1) is 14.5. The van der Waals surface area contributed by atoms with E-state index in [2.05, 4.69) is 0 Å². The van der Waals surface area contributed by atoms with E-state index < -0.39 is 36.0 Å². The van der Waals surface area contributed by atoms with Crippen LogP contribution < -0.4 is 0 Å². The van der Waals surface area contributed by atoms with Gasteiger partial charge in [-0.2, -0.15) is 5.26 Å². The molecule has 1 aliphatic rings. The van der Waals surface area contributed by atoms with Crippen molar-refractivity contribution >= 4 is 11.9 Å². The van der Waals surface area contributed by atoms with E-state index in [-0.39, 0.29) is 13.0 Å². The van der Waals surface area contributed by atoms with Crippen molar-refractivity contribution in [2.45, 2.75) is 38.8 Å². The van der Waals surface area contributed by atoms with Crippen LogP contribution in [0.1, 0.15) is 27.2 Å². The average molecular weight is 254 g/mol. The highest BCUT2D eigenvalue weighted by molar-refractivity contribution is 5.88. The van der Waals surface area contributed by atoms with Crippen molar-refractivity contribution in [1.29, 1.82) is 5.26 Å². The van der Waals surface area contributed by atoms with Gasteiger partial charge in [0.15, 0.2) is 5.78 Å². The minimum atomic E-state index is -0.755. The molecule has 1 rings (SSSR count). The Kier molecular flexibility index (Phi) is 4.30. The predicted molar refractivity (Wildman–Crippen MR) is 62.5 cm³/mol.